The topological polar surface area (TPSA) is 135 Å². The van der Waals surface area contributed by atoms with Crippen LogP contribution in [-0.2, 0) is 14.8 Å². The van der Waals surface area contributed by atoms with Crippen LogP contribution >= 0.6 is 0 Å². The lowest BCUT2D eigenvalue weighted by atomic mass is 10.1. The number of fused-ring (bicyclic) bond motifs is 3. The Balaban J connectivity index is 1.33. The predicted molar refractivity (Wildman–Crippen MR) is 136 cm³/mol. The van der Waals surface area contributed by atoms with E-state index in [4.69, 9.17) is 19.2 Å². The summed E-state index contributed by atoms with van der Waals surface area (Å²) in [6.07, 6.45) is 3.40. The quantitative estimate of drug-likeness (QED) is 0.502. The highest BCUT2D eigenvalue weighted by Crippen LogP contribution is 2.43. The van der Waals surface area contributed by atoms with E-state index in [2.05, 4.69) is 15.3 Å². The Kier molecular flexibility index (Phi) is 7.35. The highest BCUT2D eigenvalue weighted by atomic mass is 32.2. The summed E-state index contributed by atoms with van der Waals surface area (Å²) in [6.45, 7) is 2.90. The second kappa shape index (κ2) is 10.8. The molecule has 0 bridgehead atoms. The van der Waals surface area contributed by atoms with E-state index in [9.17, 15) is 13.2 Å². The van der Waals surface area contributed by atoms with Crippen molar-refractivity contribution >= 4 is 33.4 Å². The van der Waals surface area contributed by atoms with Crippen LogP contribution in [0.3, 0.4) is 0 Å². The van der Waals surface area contributed by atoms with Gasteiger partial charge in [0.25, 0.3) is 5.91 Å². The average Bonchev–Trinajstić information content (AvgIpc) is 3.42. The molecule has 1 fully saturated rings. The van der Waals surface area contributed by atoms with Gasteiger partial charge in [0.05, 0.1) is 44.8 Å². The van der Waals surface area contributed by atoms with Gasteiger partial charge in [0.2, 0.25) is 16.0 Å². The number of hydrogen-bond donors (Lipinski definition) is 1. The van der Waals surface area contributed by atoms with Gasteiger partial charge in [-0.25, -0.2) is 13.4 Å². The van der Waals surface area contributed by atoms with Gasteiger partial charge < -0.3 is 14.2 Å². The van der Waals surface area contributed by atoms with Gasteiger partial charge in [0.1, 0.15) is 11.5 Å². The minimum absolute atomic E-state index is 0.0191. The van der Waals surface area contributed by atoms with E-state index >= 15 is 0 Å². The molecule has 0 aliphatic carbocycles. The van der Waals surface area contributed by atoms with Crippen molar-refractivity contribution < 1.29 is 27.4 Å². The molecule has 13 heteroatoms. The Morgan fingerprint density at radius 1 is 1.19 bits per heavy atom. The molecular weight excluding hydrogens is 500 g/mol. The third-order valence-electron chi connectivity index (χ3n) is 6.17. The molecule has 0 spiro atoms. The van der Waals surface area contributed by atoms with Gasteiger partial charge in [-0.2, -0.15) is 4.31 Å². The molecule has 3 aliphatic heterocycles. The van der Waals surface area contributed by atoms with Crippen LogP contribution in [-0.4, -0.2) is 99.2 Å². The maximum absolute atomic E-state index is 12.8. The molecule has 1 aromatic heterocycles. The summed E-state index contributed by atoms with van der Waals surface area (Å²) in [5.41, 5.74) is 1.65. The molecule has 2 aromatic rings. The number of nitrogens with zero attached hydrogens (tertiary/aromatic N) is 5. The standard InChI is InChI=1S/C24H28N6O6S/c1-34-21-19(36-12-3-15-37(32,33)29-10-13-35-14-11-29)6-5-18-20(21)27-24(30-9-8-26-22(18)30)28-23(31)17-4-2-7-25-16-17/h2,4-7,16H,3,8-15H2,1H3,(H,27,28,31). The summed E-state index contributed by atoms with van der Waals surface area (Å²) in [4.78, 5) is 27.9. The minimum Gasteiger partial charge on any atom is -0.491 e. The molecule has 12 nitrogen and oxygen atoms in total. The van der Waals surface area contributed by atoms with Crippen molar-refractivity contribution in [3.8, 4) is 11.5 Å². The van der Waals surface area contributed by atoms with Crippen molar-refractivity contribution in [2.45, 2.75) is 6.42 Å². The first kappa shape index (κ1) is 25.1. The first-order valence-corrected chi connectivity index (χ1v) is 13.6. The number of nitrogens with one attached hydrogen (secondary N) is 1. The summed E-state index contributed by atoms with van der Waals surface area (Å²) >= 11 is 0. The molecule has 1 N–H and O–H groups in total. The number of morpholine rings is 1. The molecule has 1 aromatic carbocycles. The van der Waals surface area contributed by atoms with Crippen LogP contribution in [0.4, 0.5) is 5.69 Å². The Morgan fingerprint density at radius 2 is 2.03 bits per heavy atom. The van der Waals surface area contributed by atoms with Gasteiger partial charge in [-0.1, -0.05) is 0 Å². The number of ether oxygens (including phenoxy) is 3. The molecule has 0 atom stereocenters. The number of aliphatic imine (C=N–C) groups is 2. The summed E-state index contributed by atoms with van der Waals surface area (Å²) < 4.78 is 43.4. The van der Waals surface area contributed by atoms with Crippen LogP contribution in [0, 0.1) is 0 Å². The number of amides is 1. The van der Waals surface area contributed by atoms with E-state index in [1.165, 1.54) is 17.6 Å². The van der Waals surface area contributed by atoms with Gasteiger partial charge in [-0.05, 0) is 30.7 Å². The average molecular weight is 529 g/mol. The monoisotopic (exact) mass is 528 g/mol. The fourth-order valence-electron chi connectivity index (χ4n) is 4.35. The van der Waals surface area contributed by atoms with Gasteiger partial charge in [-0.15, -0.1) is 0 Å². The summed E-state index contributed by atoms with van der Waals surface area (Å²) in [6, 6.07) is 6.97. The number of methoxy groups -OCH3 is 1. The molecule has 0 saturated carbocycles. The molecule has 5 rings (SSSR count). The molecular formula is C24H28N6O6S. The van der Waals surface area contributed by atoms with Crippen LogP contribution < -0.4 is 14.8 Å². The molecule has 4 heterocycles. The lowest BCUT2D eigenvalue weighted by Crippen LogP contribution is -2.47. The number of amidine groups is 1. The molecule has 1 saturated heterocycles. The maximum atomic E-state index is 12.8. The number of pyridine rings is 1. The summed E-state index contributed by atoms with van der Waals surface area (Å²) in [5.74, 6) is 1.48. The molecule has 3 aliphatic rings. The lowest BCUT2D eigenvalue weighted by Gasteiger charge is -2.28. The lowest BCUT2D eigenvalue weighted by molar-refractivity contribution is 0.0730. The van der Waals surface area contributed by atoms with Crippen molar-refractivity contribution in [1.29, 1.82) is 0 Å². The SMILES string of the molecule is COc1c(OCCCS(=O)(=O)N2CCOCC2)ccc2c1N=C(NC(=O)c1cccnc1)N1CCN=C21. The second-order valence-electron chi connectivity index (χ2n) is 8.51. The Bertz CT molecular complexity index is 1320. The number of benzene rings is 1. The predicted octanol–water partition coefficient (Wildman–Crippen LogP) is 1.01. The van der Waals surface area contributed by atoms with Crippen LogP contribution in [0.15, 0.2) is 46.6 Å². The molecule has 37 heavy (non-hydrogen) atoms. The summed E-state index contributed by atoms with van der Waals surface area (Å²) in [5, 5.41) is 2.86. The van der Waals surface area contributed by atoms with Gasteiger partial charge in [-0.3, -0.25) is 25.0 Å². The second-order valence-corrected chi connectivity index (χ2v) is 10.6. The third kappa shape index (κ3) is 5.29. The Hall–Kier alpha value is -3.55. The highest BCUT2D eigenvalue weighted by molar-refractivity contribution is 7.89. The number of carbonyl (C=O) groups is 1. The molecule has 1 amide bonds. The Labute approximate surface area is 215 Å². The number of carbonyl (C=O) groups excluding carboxylic acids is 1. The maximum Gasteiger partial charge on any atom is 0.259 e. The van der Waals surface area contributed by atoms with Crippen molar-refractivity contribution in [2.24, 2.45) is 9.98 Å². The number of guanidine groups is 1. The third-order valence-corrected chi connectivity index (χ3v) is 8.13. The summed E-state index contributed by atoms with van der Waals surface area (Å²) in [7, 11) is -1.85. The van der Waals surface area contributed by atoms with E-state index in [1.54, 1.807) is 24.4 Å². The van der Waals surface area contributed by atoms with Crippen molar-refractivity contribution in [3.05, 3.63) is 47.8 Å². The number of aromatic nitrogens is 1. The largest absolute Gasteiger partial charge is 0.491 e. The first-order chi connectivity index (χ1) is 18.0. The van der Waals surface area contributed by atoms with Crippen LogP contribution in [0.1, 0.15) is 22.3 Å². The van der Waals surface area contributed by atoms with Crippen molar-refractivity contribution in [1.82, 2.24) is 19.5 Å². The highest BCUT2D eigenvalue weighted by Gasteiger charge is 2.33. The zero-order valence-corrected chi connectivity index (χ0v) is 21.2. The smallest absolute Gasteiger partial charge is 0.259 e. The molecule has 0 unspecified atom stereocenters. The normalized spacial score (nSPS) is 17.4. The number of sulfonamides is 1. The van der Waals surface area contributed by atoms with Gasteiger partial charge in [0.15, 0.2) is 11.5 Å². The van der Waals surface area contributed by atoms with Crippen molar-refractivity contribution in [3.63, 3.8) is 0 Å². The molecule has 196 valence electrons. The fourth-order valence-corrected chi connectivity index (χ4v) is 5.80. The fraction of sp³-hybridized carbons (Fsp3) is 0.417. The van der Waals surface area contributed by atoms with Crippen LogP contribution in [0.5, 0.6) is 11.5 Å². The number of hydrogen-bond acceptors (Lipinski definition) is 10. The Morgan fingerprint density at radius 3 is 2.78 bits per heavy atom. The van der Waals surface area contributed by atoms with Crippen molar-refractivity contribution in [2.75, 3.05) is 58.9 Å². The molecule has 0 radical (unpaired) electrons. The first-order valence-electron chi connectivity index (χ1n) is 12.0. The van der Waals surface area contributed by atoms with Gasteiger partial charge >= 0.3 is 0 Å². The van der Waals surface area contributed by atoms with E-state index in [0.717, 1.165) is 5.56 Å². The van der Waals surface area contributed by atoms with Crippen LogP contribution in [0.25, 0.3) is 0 Å². The zero-order chi connectivity index (χ0) is 25.8. The van der Waals surface area contributed by atoms with E-state index in [-0.39, 0.29) is 18.3 Å². The van der Waals surface area contributed by atoms with Crippen LogP contribution in [0.2, 0.25) is 0 Å². The van der Waals surface area contributed by atoms with E-state index in [0.29, 0.717) is 80.4 Å². The van der Waals surface area contributed by atoms with E-state index < -0.39 is 10.0 Å². The van der Waals surface area contributed by atoms with Gasteiger partial charge in [0, 0.05) is 37.6 Å². The zero-order valence-electron chi connectivity index (χ0n) is 20.4. The minimum atomic E-state index is -3.37. The number of rotatable bonds is 8. The van der Waals surface area contributed by atoms with E-state index in [1.807, 2.05) is 11.0 Å².